The van der Waals surface area contributed by atoms with Crippen molar-refractivity contribution in [1.82, 2.24) is 0 Å². The lowest BCUT2D eigenvalue weighted by Gasteiger charge is -2.39. The van der Waals surface area contributed by atoms with Crippen LogP contribution in [0.2, 0.25) is 0 Å². The Balaban J connectivity index is 2.77. The van der Waals surface area contributed by atoms with Gasteiger partial charge in [-0.3, -0.25) is 4.99 Å². The van der Waals surface area contributed by atoms with Crippen LogP contribution in [0, 0.1) is 5.41 Å². The molecule has 3 heteroatoms. The van der Waals surface area contributed by atoms with E-state index in [2.05, 4.69) is 18.0 Å². The monoisotopic (exact) mass is 325 g/mol. The zero-order chi connectivity index (χ0) is 17.3. The van der Waals surface area contributed by atoms with Crippen LogP contribution in [-0.2, 0) is 0 Å². The second kappa shape index (κ2) is 9.34. The molecule has 0 fully saturated rings. The largest absolute Gasteiger partial charge is 0.297 e. The molecule has 0 aromatic carbocycles. The Bertz CT molecular complexity index is 443. The molecular formula is C20H33F2N. The van der Waals surface area contributed by atoms with Crippen molar-refractivity contribution in [3.8, 4) is 0 Å². The summed E-state index contributed by atoms with van der Waals surface area (Å²) in [5.74, 6) is -2.64. The summed E-state index contributed by atoms with van der Waals surface area (Å²) in [7, 11) is 1.74. The predicted molar refractivity (Wildman–Crippen MR) is 96.5 cm³/mol. The smallest absolute Gasteiger partial charge is 0.250 e. The first-order valence-corrected chi connectivity index (χ1v) is 9.02. The van der Waals surface area contributed by atoms with Crippen LogP contribution < -0.4 is 0 Å². The molecule has 0 radical (unpaired) electrons. The maximum Gasteiger partial charge on any atom is 0.250 e. The molecule has 0 saturated carbocycles. The molecular weight excluding hydrogens is 292 g/mol. The van der Waals surface area contributed by atoms with Crippen LogP contribution in [0.15, 0.2) is 28.3 Å². The summed E-state index contributed by atoms with van der Waals surface area (Å²) in [5, 5.41) is 0. The fourth-order valence-electron chi connectivity index (χ4n) is 3.20. The van der Waals surface area contributed by atoms with Crippen LogP contribution in [0.1, 0.15) is 78.6 Å². The summed E-state index contributed by atoms with van der Waals surface area (Å²) in [4.78, 5) is 4.04. The first-order valence-electron chi connectivity index (χ1n) is 9.02. The standard InChI is InChI=1S/C20H33F2N/c1-5-6-7-8-9-11-17(13-15-23-4)18-12-10-14-19(2,16-18)20(3,21)22/h12-13,15H,5-11,14,16H2,1-4H3/b17-13-,23-15-. The van der Waals surface area contributed by atoms with E-state index in [1.807, 2.05) is 6.08 Å². The van der Waals surface area contributed by atoms with E-state index in [1.54, 1.807) is 20.2 Å². The molecule has 0 aromatic heterocycles. The molecule has 0 bridgehead atoms. The minimum Gasteiger partial charge on any atom is -0.297 e. The van der Waals surface area contributed by atoms with Crippen LogP contribution in [0.3, 0.4) is 0 Å². The third kappa shape index (κ3) is 6.19. The number of hydrogen-bond donors (Lipinski definition) is 0. The third-order valence-corrected chi connectivity index (χ3v) is 5.11. The van der Waals surface area contributed by atoms with Crippen molar-refractivity contribution >= 4 is 6.21 Å². The van der Waals surface area contributed by atoms with Gasteiger partial charge in [0.25, 0.3) is 5.92 Å². The number of allylic oxidation sites excluding steroid dienone is 4. The van der Waals surface area contributed by atoms with Gasteiger partial charge in [-0.1, -0.05) is 45.6 Å². The van der Waals surface area contributed by atoms with E-state index in [1.165, 1.54) is 31.3 Å². The summed E-state index contributed by atoms with van der Waals surface area (Å²) in [6.07, 6.45) is 14.8. The van der Waals surface area contributed by atoms with Gasteiger partial charge in [-0.15, -0.1) is 0 Å². The van der Waals surface area contributed by atoms with E-state index in [9.17, 15) is 8.78 Å². The fraction of sp³-hybridized carbons (Fsp3) is 0.750. The molecule has 0 N–H and O–H groups in total. The second-order valence-corrected chi connectivity index (χ2v) is 7.16. The van der Waals surface area contributed by atoms with Gasteiger partial charge in [-0.2, -0.15) is 0 Å². The van der Waals surface area contributed by atoms with Gasteiger partial charge in [0.05, 0.1) is 0 Å². The van der Waals surface area contributed by atoms with Gasteiger partial charge in [-0.05, 0) is 56.3 Å². The molecule has 0 amide bonds. The highest BCUT2D eigenvalue weighted by Crippen LogP contribution is 2.49. The quantitative estimate of drug-likeness (QED) is 0.328. The Kier molecular flexibility index (Phi) is 8.15. The Morgan fingerprint density at radius 2 is 2.00 bits per heavy atom. The van der Waals surface area contributed by atoms with Crippen molar-refractivity contribution in [2.75, 3.05) is 7.05 Å². The molecule has 1 nitrogen and oxygen atoms in total. The highest BCUT2D eigenvalue weighted by atomic mass is 19.3. The number of alkyl halides is 2. The maximum atomic E-state index is 14.0. The first-order chi connectivity index (χ1) is 10.8. The lowest BCUT2D eigenvalue weighted by atomic mass is 9.70. The average Bonchev–Trinajstić information content (AvgIpc) is 2.49. The molecule has 1 atom stereocenters. The van der Waals surface area contributed by atoms with Gasteiger partial charge in [-0.25, -0.2) is 8.78 Å². The normalized spacial score (nSPS) is 23.4. The second-order valence-electron chi connectivity index (χ2n) is 7.16. The van der Waals surface area contributed by atoms with E-state index in [-0.39, 0.29) is 0 Å². The van der Waals surface area contributed by atoms with Crippen LogP contribution in [0.5, 0.6) is 0 Å². The van der Waals surface area contributed by atoms with Gasteiger partial charge in [0.2, 0.25) is 0 Å². The van der Waals surface area contributed by atoms with E-state index >= 15 is 0 Å². The van der Waals surface area contributed by atoms with Crippen molar-refractivity contribution in [1.29, 1.82) is 0 Å². The van der Waals surface area contributed by atoms with Crippen molar-refractivity contribution in [2.45, 2.75) is 84.5 Å². The Morgan fingerprint density at radius 1 is 1.30 bits per heavy atom. The number of nitrogens with zero attached hydrogens (tertiary/aromatic N) is 1. The van der Waals surface area contributed by atoms with Crippen LogP contribution in [-0.4, -0.2) is 19.2 Å². The van der Waals surface area contributed by atoms with Crippen molar-refractivity contribution in [3.63, 3.8) is 0 Å². The van der Waals surface area contributed by atoms with E-state index < -0.39 is 11.3 Å². The van der Waals surface area contributed by atoms with E-state index in [0.717, 1.165) is 31.8 Å². The summed E-state index contributed by atoms with van der Waals surface area (Å²) in [6, 6.07) is 0. The van der Waals surface area contributed by atoms with Crippen LogP contribution >= 0.6 is 0 Å². The molecule has 0 aromatic rings. The van der Waals surface area contributed by atoms with Crippen molar-refractivity contribution < 1.29 is 8.78 Å². The number of unbranched alkanes of at least 4 members (excludes halogenated alkanes) is 4. The van der Waals surface area contributed by atoms with Crippen LogP contribution in [0.25, 0.3) is 0 Å². The molecule has 23 heavy (non-hydrogen) atoms. The first kappa shape index (κ1) is 20.1. The van der Waals surface area contributed by atoms with E-state index in [0.29, 0.717) is 12.8 Å². The summed E-state index contributed by atoms with van der Waals surface area (Å²) in [5.41, 5.74) is 1.37. The SMILES string of the molecule is CCCCCCC/C(=C/C=N\C)C1=CCCC(C)(C(C)(F)F)C1. The molecule has 1 unspecified atom stereocenters. The molecule has 1 aliphatic rings. The van der Waals surface area contributed by atoms with Gasteiger partial charge in [0, 0.05) is 18.7 Å². The highest BCUT2D eigenvalue weighted by Gasteiger charge is 2.46. The van der Waals surface area contributed by atoms with Gasteiger partial charge in [0.15, 0.2) is 0 Å². The van der Waals surface area contributed by atoms with Gasteiger partial charge < -0.3 is 0 Å². The van der Waals surface area contributed by atoms with Gasteiger partial charge in [0.1, 0.15) is 0 Å². The average molecular weight is 325 g/mol. The minimum absolute atomic E-state index is 0.467. The molecule has 0 spiro atoms. The zero-order valence-corrected chi connectivity index (χ0v) is 15.3. The molecule has 1 aliphatic carbocycles. The molecule has 132 valence electrons. The summed E-state index contributed by atoms with van der Waals surface area (Å²) < 4.78 is 28.0. The Labute approximate surface area is 141 Å². The molecule has 1 rings (SSSR count). The van der Waals surface area contributed by atoms with Crippen LogP contribution in [0.4, 0.5) is 8.78 Å². The number of hydrogen-bond acceptors (Lipinski definition) is 1. The number of halogens is 2. The summed E-state index contributed by atoms with van der Waals surface area (Å²) in [6.45, 7) is 5.01. The topological polar surface area (TPSA) is 12.4 Å². The molecule has 0 heterocycles. The minimum atomic E-state index is -2.64. The fourth-order valence-corrected chi connectivity index (χ4v) is 3.20. The zero-order valence-electron chi connectivity index (χ0n) is 15.3. The highest BCUT2D eigenvalue weighted by molar-refractivity contribution is 5.73. The molecule has 0 aliphatic heterocycles. The van der Waals surface area contributed by atoms with Gasteiger partial charge >= 0.3 is 0 Å². The number of aliphatic imine (C=N–C) groups is 1. The Hall–Kier alpha value is -0.990. The lowest BCUT2D eigenvalue weighted by molar-refractivity contribution is -0.103. The van der Waals surface area contributed by atoms with Crippen molar-refractivity contribution in [2.24, 2.45) is 10.4 Å². The maximum absolute atomic E-state index is 14.0. The number of rotatable bonds is 9. The third-order valence-electron chi connectivity index (χ3n) is 5.11. The lowest BCUT2D eigenvalue weighted by Crippen LogP contribution is -2.38. The predicted octanol–water partition coefficient (Wildman–Crippen LogP) is 6.75. The van der Waals surface area contributed by atoms with Crippen molar-refractivity contribution in [3.05, 3.63) is 23.3 Å². The Morgan fingerprint density at radius 3 is 2.61 bits per heavy atom. The summed E-state index contributed by atoms with van der Waals surface area (Å²) >= 11 is 0. The molecule has 0 saturated heterocycles. The van der Waals surface area contributed by atoms with E-state index in [4.69, 9.17) is 0 Å².